The van der Waals surface area contributed by atoms with Gasteiger partial charge in [0.15, 0.2) is 0 Å². The van der Waals surface area contributed by atoms with E-state index < -0.39 is 0 Å². The topological polar surface area (TPSA) is 29.1 Å². The maximum absolute atomic E-state index is 12.1. The Labute approximate surface area is 121 Å². The number of amides is 1. The second-order valence-electron chi connectivity index (χ2n) is 5.16. The van der Waals surface area contributed by atoms with Crippen molar-refractivity contribution < 1.29 is 4.79 Å². The molecule has 2 rings (SSSR count). The third-order valence-electron chi connectivity index (χ3n) is 3.28. The van der Waals surface area contributed by atoms with Crippen LogP contribution in [0.3, 0.4) is 0 Å². The number of rotatable bonds is 4. The summed E-state index contributed by atoms with van der Waals surface area (Å²) in [5.74, 6) is 0.0926. The van der Waals surface area contributed by atoms with Crippen LogP contribution in [-0.4, -0.2) is 16.8 Å². The van der Waals surface area contributed by atoms with E-state index in [1.165, 1.54) is 23.3 Å². The Hall–Kier alpha value is -0.350. The molecule has 0 saturated carbocycles. The number of thiophene rings is 1. The highest BCUT2D eigenvalue weighted by atomic mass is 79.9. The molecule has 2 unspecified atom stereocenters. The van der Waals surface area contributed by atoms with Gasteiger partial charge in [-0.1, -0.05) is 22.9 Å². The van der Waals surface area contributed by atoms with E-state index in [1.54, 1.807) is 11.3 Å². The number of hydrogen-bond donors (Lipinski definition) is 1. The second-order valence-corrected chi connectivity index (χ2v) is 7.86. The van der Waals surface area contributed by atoms with Gasteiger partial charge in [0.25, 0.3) is 5.91 Å². The summed E-state index contributed by atoms with van der Waals surface area (Å²) in [6, 6.07) is 2.31. The van der Waals surface area contributed by atoms with Gasteiger partial charge in [-0.3, -0.25) is 4.79 Å². The van der Waals surface area contributed by atoms with Crippen LogP contribution in [0.4, 0.5) is 0 Å². The van der Waals surface area contributed by atoms with Gasteiger partial charge < -0.3 is 5.32 Å². The molecule has 0 aromatic carbocycles. The predicted molar refractivity (Wildman–Crippen MR) is 80.9 cm³/mol. The summed E-state index contributed by atoms with van der Waals surface area (Å²) in [6.07, 6.45) is 5.79. The SMILES string of the molecule is CC(Br)CC(C)NC(=O)c1cc2c(s1)CCCC2. The summed E-state index contributed by atoms with van der Waals surface area (Å²) >= 11 is 5.20. The molecule has 1 aromatic heterocycles. The summed E-state index contributed by atoms with van der Waals surface area (Å²) in [7, 11) is 0. The lowest BCUT2D eigenvalue weighted by Gasteiger charge is -2.14. The van der Waals surface area contributed by atoms with Gasteiger partial charge in [-0.2, -0.15) is 0 Å². The zero-order chi connectivity index (χ0) is 13.1. The molecule has 1 aliphatic rings. The normalized spacial score (nSPS) is 17.9. The Bertz CT molecular complexity index is 404. The fourth-order valence-electron chi connectivity index (χ4n) is 2.44. The van der Waals surface area contributed by atoms with Crippen molar-refractivity contribution in [2.45, 2.75) is 56.8 Å². The maximum atomic E-state index is 12.1. The average molecular weight is 330 g/mol. The highest BCUT2D eigenvalue weighted by Crippen LogP contribution is 2.29. The lowest BCUT2D eigenvalue weighted by molar-refractivity contribution is 0.0943. The van der Waals surface area contributed by atoms with Crippen LogP contribution >= 0.6 is 27.3 Å². The van der Waals surface area contributed by atoms with E-state index in [2.05, 4.69) is 41.2 Å². The molecule has 1 aromatic rings. The first-order valence-corrected chi connectivity index (χ1v) is 8.36. The van der Waals surface area contributed by atoms with Gasteiger partial charge in [0.2, 0.25) is 0 Å². The molecular weight excluding hydrogens is 310 g/mol. The van der Waals surface area contributed by atoms with Crippen LogP contribution in [0, 0.1) is 0 Å². The number of carbonyl (C=O) groups is 1. The molecule has 1 amide bonds. The summed E-state index contributed by atoms with van der Waals surface area (Å²) in [5.41, 5.74) is 1.40. The lowest BCUT2D eigenvalue weighted by Crippen LogP contribution is -2.33. The van der Waals surface area contributed by atoms with Crippen molar-refractivity contribution in [2.24, 2.45) is 0 Å². The third-order valence-corrected chi connectivity index (χ3v) is 4.89. The Morgan fingerprint density at radius 2 is 2.17 bits per heavy atom. The van der Waals surface area contributed by atoms with Gasteiger partial charge in [-0.15, -0.1) is 11.3 Å². The van der Waals surface area contributed by atoms with Crippen LogP contribution in [0.5, 0.6) is 0 Å². The van der Waals surface area contributed by atoms with Crippen molar-refractivity contribution in [3.8, 4) is 0 Å². The molecule has 0 aliphatic heterocycles. The van der Waals surface area contributed by atoms with Crippen molar-refractivity contribution in [3.05, 3.63) is 21.4 Å². The van der Waals surface area contributed by atoms with Crippen molar-refractivity contribution >= 4 is 33.2 Å². The molecule has 0 saturated heterocycles. The third kappa shape index (κ3) is 3.58. The number of alkyl halides is 1. The number of fused-ring (bicyclic) bond motifs is 1. The Kier molecular flexibility index (Phi) is 4.84. The number of nitrogens with one attached hydrogen (secondary N) is 1. The van der Waals surface area contributed by atoms with E-state index in [9.17, 15) is 4.79 Å². The van der Waals surface area contributed by atoms with Crippen LogP contribution in [0.25, 0.3) is 0 Å². The molecule has 2 nitrogen and oxygen atoms in total. The summed E-state index contributed by atoms with van der Waals surface area (Å²) in [4.78, 5) is 14.9. The first-order chi connectivity index (χ1) is 8.56. The molecule has 1 aliphatic carbocycles. The van der Waals surface area contributed by atoms with E-state index in [4.69, 9.17) is 0 Å². The van der Waals surface area contributed by atoms with Crippen LogP contribution in [-0.2, 0) is 12.8 Å². The molecule has 0 radical (unpaired) electrons. The molecule has 0 spiro atoms. The summed E-state index contributed by atoms with van der Waals surface area (Å²) < 4.78 is 0. The minimum Gasteiger partial charge on any atom is -0.349 e. The van der Waals surface area contributed by atoms with Crippen molar-refractivity contribution in [3.63, 3.8) is 0 Å². The molecule has 2 atom stereocenters. The molecule has 1 N–H and O–H groups in total. The van der Waals surface area contributed by atoms with E-state index >= 15 is 0 Å². The number of hydrogen-bond acceptors (Lipinski definition) is 2. The van der Waals surface area contributed by atoms with Gasteiger partial charge in [-0.05, 0) is 50.7 Å². The number of halogens is 1. The molecule has 18 heavy (non-hydrogen) atoms. The quantitative estimate of drug-likeness (QED) is 0.833. The van der Waals surface area contributed by atoms with Crippen molar-refractivity contribution in [1.82, 2.24) is 5.32 Å². The van der Waals surface area contributed by atoms with E-state index in [1.807, 2.05) is 0 Å². The van der Waals surface area contributed by atoms with Crippen LogP contribution in [0.1, 0.15) is 53.2 Å². The number of aryl methyl sites for hydroxylation is 2. The summed E-state index contributed by atoms with van der Waals surface area (Å²) in [6.45, 7) is 4.16. The Morgan fingerprint density at radius 1 is 1.44 bits per heavy atom. The fraction of sp³-hybridized carbons (Fsp3) is 0.643. The minimum absolute atomic E-state index is 0.0926. The predicted octanol–water partition coefficient (Wildman–Crippen LogP) is 3.92. The maximum Gasteiger partial charge on any atom is 0.261 e. The minimum atomic E-state index is 0.0926. The van der Waals surface area contributed by atoms with Gasteiger partial charge in [0.05, 0.1) is 4.88 Å². The first-order valence-electron chi connectivity index (χ1n) is 6.62. The monoisotopic (exact) mass is 329 g/mol. The molecular formula is C14H20BrNOS. The fourth-order valence-corrected chi connectivity index (χ4v) is 4.16. The van der Waals surface area contributed by atoms with Gasteiger partial charge >= 0.3 is 0 Å². The second kappa shape index (κ2) is 6.20. The van der Waals surface area contributed by atoms with E-state index in [0.29, 0.717) is 4.83 Å². The van der Waals surface area contributed by atoms with Crippen LogP contribution in [0.15, 0.2) is 6.07 Å². The van der Waals surface area contributed by atoms with Gasteiger partial charge in [0, 0.05) is 15.7 Å². The zero-order valence-corrected chi connectivity index (χ0v) is 13.4. The van der Waals surface area contributed by atoms with E-state index in [-0.39, 0.29) is 11.9 Å². The van der Waals surface area contributed by atoms with E-state index in [0.717, 1.165) is 24.1 Å². The molecule has 1 heterocycles. The standard InChI is InChI=1S/C14H20BrNOS/c1-9(15)7-10(2)16-14(17)13-8-11-5-3-4-6-12(11)18-13/h8-10H,3-7H2,1-2H3,(H,16,17). The molecule has 0 fully saturated rings. The Balaban J connectivity index is 1.98. The lowest BCUT2D eigenvalue weighted by atomic mass is 9.99. The first kappa shape index (κ1) is 14.1. The smallest absolute Gasteiger partial charge is 0.261 e. The largest absolute Gasteiger partial charge is 0.349 e. The average Bonchev–Trinajstić information content (AvgIpc) is 2.71. The van der Waals surface area contributed by atoms with Crippen molar-refractivity contribution in [1.29, 1.82) is 0 Å². The molecule has 0 bridgehead atoms. The van der Waals surface area contributed by atoms with Gasteiger partial charge in [0.1, 0.15) is 0 Å². The van der Waals surface area contributed by atoms with Crippen molar-refractivity contribution in [2.75, 3.05) is 0 Å². The highest BCUT2D eigenvalue weighted by Gasteiger charge is 2.18. The van der Waals surface area contributed by atoms with Crippen LogP contribution in [0.2, 0.25) is 0 Å². The van der Waals surface area contributed by atoms with Crippen LogP contribution < -0.4 is 5.32 Å². The summed E-state index contributed by atoms with van der Waals surface area (Å²) in [5, 5.41) is 3.08. The molecule has 4 heteroatoms. The zero-order valence-electron chi connectivity index (χ0n) is 11.0. The van der Waals surface area contributed by atoms with Gasteiger partial charge in [-0.25, -0.2) is 0 Å². The highest BCUT2D eigenvalue weighted by molar-refractivity contribution is 9.09. The molecule has 100 valence electrons. The Morgan fingerprint density at radius 3 is 2.83 bits per heavy atom. The number of carbonyl (C=O) groups excluding carboxylic acids is 1.